The molecule has 0 saturated heterocycles. The van der Waals surface area contributed by atoms with Gasteiger partial charge in [0.2, 0.25) is 0 Å². The molecule has 0 aliphatic heterocycles. The van der Waals surface area contributed by atoms with Crippen molar-refractivity contribution in [1.29, 1.82) is 0 Å². The molecule has 0 bridgehead atoms. The number of nitrogens with zero attached hydrogens (tertiary/aromatic N) is 1. The summed E-state index contributed by atoms with van der Waals surface area (Å²) in [5, 5.41) is 0.102. The molecule has 1 aromatic rings. The molecule has 0 saturated carbocycles. The summed E-state index contributed by atoms with van der Waals surface area (Å²) in [5.41, 5.74) is 0.491. The van der Waals surface area contributed by atoms with Crippen LogP contribution in [0.25, 0.3) is 0 Å². The Balaban J connectivity index is 2.72. The number of rotatable bonds is 7. The zero-order valence-corrected chi connectivity index (χ0v) is 12.0. The van der Waals surface area contributed by atoms with Gasteiger partial charge in [-0.1, -0.05) is 30.7 Å². The maximum atomic E-state index is 13.8. The van der Waals surface area contributed by atoms with Crippen LogP contribution in [-0.2, 0) is 16.1 Å². The average molecular weight is 288 g/mol. The molecule has 0 spiro atoms. The maximum absolute atomic E-state index is 13.8. The molecule has 106 valence electrons. The van der Waals surface area contributed by atoms with Crippen LogP contribution in [0.1, 0.15) is 25.8 Å². The topological polar surface area (TPSA) is 29.5 Å². The van der Waals surface area contributed by atoms with Crippen LogP contribution >= 0.6 is 11.6 Å². The summed E-state index contributed by atoms with van der Waals surface area (Å²) in [4.78, 5) is 13.3. The first-order chi connectivity index (χ1) is 9.08. The average Bonchev–Trinajstić information content (AvgIpc) is 2.35. The van der Waals surface area contributed by atoms with Crippen molar-refractivity contribution >= 4 is 17.6 Å². The fourth-order valence-electron chi connectivity index (χ4n) is 1.83. The van der Waals surface area contributed by atoms with Gasteiger partial charge in [-0.3, -0.25) is 9.69 Å². The third-order valence-corrected chi connectivity index (χ3v) is 2.92. The Kier molecular flexibility index (Phi) is 6.81. The van der Waals surface area contributed by atoms with Gasteiger partial charge in [-0.05, 0) is 26.0 Å². The van der Waals surface area contributed by atoms with Gasteiger partial charge in [-0.2, -0.15) is 0 Å². The molecule has 3 nitrogen and oxygen atoms in total. The summed E-state index contributed by atoms with van der Waals surface area (Å²) in [7, 11) is 0. The van der Waals surface area contributed by atoms with E-state index in [2.05, 4.69) is 0 Å². The van der Waals surface area contributed by atoms with Gasteiger partial charge in [0, 0.05) is 12.1 Å². The summed E-state index contributed by atoms with van der Waals surface area (Å²) < 4.78 is 18.7. The maximum Gasteiger partial charge on any atom is 0.320 e. The predicted octanol–water partition coefficient (Wildman–Crippen LogP) is 3.25. The van der Waals surface area contributed by atoms with Crippen LogP contribution in [0.2, 0.25) is 5.02 Å². The van der Waals surface area contributed by atoms with Gasteiger partial charge in [0.15, 0.2) is 0 Å². The number of benzene rings is 1. The number of carbonyl (C=O) groups is 1. The Morgan fingerprint density at radius 3 is 2.79 bits per heavy atom. The van der Waals surface area contributed by atoms with Crippen molar-refractivity contribution in [3.63, 3.8) is 0 Å². The van der Waals surface area contributed by atoms with Crippen LogP contribution in [0.15, 0.2) is 18.2 Å². The fourth-order valence-corrected chi connectivity index (χ4v) is 2.03. The first-order valence-corrected chi connectivity index (χ1v) is 6.77. The van der Waals surface area contributed by atoms with Crippen LogP contribution < -0.4 is 0 Å². The molecule has 0 fully saturated rings. The highest BCUT2D eigenvalue weighted by molar-refractivity contribution is 6.30. The second kappa shape index (κ2) is 8.12. The number of hydrogen-bond donors (Lipinski definition) is 0. The van der Waals surface area contributed by atoms with E-state index in [1.165, 1.54) is 6.07 Å². The highest BCUT2D eigenvalue weighted by Crippen LogP contribution is 2.19. The van der Waals surface area contributed by atoms with Gasteiger partial charge in [-0.25, -0.2) is 4.39 Å². The molecule has 0 aromatic heterocycles. The van der Waals surface area contributed by atoms with E-state index in [4.69, 9.17) is 16.3 Å². The molecule has 0 aliphatic carbocycles. The van der Waals surface area contributed by atoms with E-state index in [1.807, 2.05) is 11.8 Å². The van der Waals surface area contributed by atoms with Gasteiger partial charge < -0.3 is 4.74 Å². The first kappa shape index (κ1) is 15.9. The Morgan fingerprint density at radius 2 is 2.16 bits per heavy atom. The largest absolute Gasteiger partial charge is 0.465 e. The van der Waals surface area contributed by atoms with Crippen LogP contribution in [0, 0.1) is 5.82 Å². The highest BCUT2D eigenvalue weighted by Gasteiger charge is 2.14. The normalized spacial score (nSPS) is 10.8. The number of esters is 1. The number of halogens is 2. The highest BCUT2D eigenvalue weighted by atomic mass is 35.5. The minimum Gasteiger partial charge on any atom is -0.465 e. The van der Waals surface area contributed by atoms with Crippen molar-refractivity contribution < 1.29 is 13.9 Å². The monoisotopic (exact) mass is 287 g/mol. The predicted molar refractivity (Wildman–Crippen MR) is 73.6 cm³/mol. The third-order valence-electron chi connectivity index (χ3n) is 2.62. The summed E-state index contributed by atoms with van der Waals surface area (Å²) >= 11 is 5.74. The molecule has 0 unspecified atom stereocenters. The van der Waals surface area contributed by atoms with Crippen molar-refractivity contribution in [2.24, 2.45) is 0 Å². The zero-order valence-electron chi connectivity index (χ0n) is 11.3. The molecule has 1 rings (SSSR count). The van der Waals surface area contributed by atoms with E-state index in [9.17, 15) is 9.18 Å². The molecule has 0 N–H and O–H groups in total. The molecule has 0 heterocycles. The standard InChI is InChI=1S/C14H19ClFNO2/c1-3-8-17(10-13(18)19-4-2)9-11-6-5-7-12(15)14(11)16/h5-7H,3-4,8-10H2,1-2H3. The van der Waals surface area contributed by atoms with E-state index >= 15 is 0 Å². The zero-order chi connectivity index (χ0) is 14.3. The molecular weight excluding hydrogens is 269 g/mol. The van der Waals surface area contributed by atoms with Gasteiger partial charge in [0.05, 0.1) is 18.2 Å². The van der Waals surface area contributed by atoms with Gasteiger partial charge in [-0.15, -0.1) is 0 Å². The summed E-state index contributed by atoms with van der Waals surface area (Å²) in [5.74, 6) is -0.715. The van der Waals surface area contributed by atoms with E-state index in [-0.39, 0.29) is 17.5 Å². The quantitative estimate of drug-likeness (QED) is 0.721. The van der Waals surface area contributed by atoms with E-state index in [0.717, 1.165) is 6.42 Å². The van der Waals surface area contributed by atoms with Crippen LogP contribution in [-0.4, -0.2) is 30.6 Å². The van der Waals surface area contributed by atoms with Crippen molar-refractivity contribution in [1.82, 2.24) is 4.90 Å². The SMILES string of the molecule is CCCN(CC(=O)OCC)Cc1cccc(Cl)c1F. The Labute approximate surface area is 118 Å². The second-order valence-electron chi connectivity index (χ2n) is 4.23. The van der Waals surface area contributed by atoms with E-state index in [0.29, 0.717) is 25.3 Å². The summed E-state index contributed by atoms with van der Waals surface area (Å²) in [6.07, 6.45) is 0.877. The lowest BCUT2D eigenvalue weighted by atomic mass is 10.2. The molecule has 1 aromatic carbocycles. The molecular formula is C14H19ClFNO2. The lowest BCUT2D eigenvalue weighted by molar-refractivity contribution is -0.144. The van der Waals surface area contributed by atoms with Crippen molar-refractivity contribution in [2.75, 3.05) is 19.7 Å². The lowest BCUT2D eigenvalue weighted by Crippen LogP contribution is -2.31. The lowest BCUT2D eigenvalue weighted by Gasteiger charge is -2.21. The number of hydrogen-bond acceptors (Lipinski definition) is 3. The Morgan fingerprint density at radius 1 is 1.42 bits per heavy atom. The van der Waals surface area contributed by atoms with E-state index in [1.54, 1.807) is 19.1 Å². The smallest absolute Gasteiger partial charge is 0.320 e. The molecule has 0 radical (unpaired) electrons. The van der Waals surface area contributed by atoms with Crippen LogP contribution in [0.4, 0.5) is 4.39 Å². The van der Waals surface area contributed by atoms with Crippen molar-refractivity contribution in [3.05, 3.63) is 34.6 Å². The molecule has 5 heteroatoms. The summed E-state index contributed by atoms with van der Waals surface area (Å²) in [6, 6.07) is 4.89. The fraction of sp³-hybridized carbons (Fsp3) is 0.500. The Bertz CT molecular complexity index is 426. The molecule has 19 heavy (non-hydrogen) atoms. The Hall–Kier alpha value is -1.13. The summed E-state index contributed by atoms with van der Waals surface area (Å²) in [6.45, 7) is 5.33. The van der Waals surface area contributed by atoms with Crippen LogP contribution in [0.5, 0.6) is 0 Å². The molecule has 0 amide bonds. The third kappa shape index (κ3) is 5.17. The van der Waals surface area contributed by atoms with Crippen molar-refractivity contribution in [3.8, 4) is 0 Å². The van der Waals surface area contributed by atoms with Gasteiger partial charge in [0.1, 0.15) is 5.82 Å². The number of carbonyl (C=O) groups excluding carboxylic acids is 1. The molecule has 0 atom stereocenters. The first-order valence-electron chi connectivity index (χ1n) is 6.39. The number of ether oxygens (including phenoxy) is 1. The van der Waals surface area contributed by atoms with Crippen molar-refractivity contribution in [2.45, 2.75) is 26.8 Å². The second-order valence-corrected chi connectivity index (χ2v) is 4.64. The van der Waals surface area contributed by atoms with Gasteiger partial charge >= 0.3 is 5.97 Å². The van der Waals surface area contributed by atoms with Gasteiger partial charge in [0.25, 0.3) is 0 Å². The molecule has 0 aliphatic rings. The minimum atomic E-state index is -0.422. The van der Waals surface area contributed by atoms with E-state index < -0.39 is 5.82 Å². The van der Waals surface area contributed by atoms with Crippen LogP contribution in [0.3, 0.4) is 0 Å². The minimum absolute atomic E-state index is 0.102.